The number of para-hydroxylation sites is 3. The van der Waals surface area contributed by atoms with Gasteiger partial charge in [0.05, 0.1) is 11.4 Å². The van der Waals surface area contributed by atoms with Gasteiger partial charge in [-0.3, -0.25) is 0 Å². The van der Waals surface area contributed by atoms with E-state index in [1.165, 1.54) is 16.3 Å². The predicted molar refractivity (Wildman–Crippen MR) is 196 cm³/mol. The molecule has 10 rings (SSSR count). The molecule has 0 saturated carbocycles. The summed E-state index contributed by atoms with van der Waals surface area (Å²) in [5.74, 6) is 0. The monoisotopic (exact) mass is 601 g/mol. The predicted octanol–water partition coefficient (Wildman–Crippen LogP) is 12.9. The largest absolute Gasteiger partial charge is 0.454 e. The number of nitrogens with zero attached hydrogens (tertiary/aromatic N) is 1. The highest BCUT2D eigenvalue weighted by molar-refractivity contribution is 6.18. The Bertz CT molecular complexity index is 2800. The fourth-order valence-electron chi connectivity index (χ4n) is 7.18. The van der Waals surface area contributed by atoms with Crippen molar-refractivity contribution in [3.63, 3.8) is 0 Å². The van der Waals surface area contributed by atoms with E-state index in [4.69, 9.17) is 8.83 Å². The van der Waals surface area contributed by atoms with Crippen LogP contribution >= 0.6 is 0 Å². The maximum atomic E-state index is 6.85. The van der Waals surface area contributed by atoms with Gasteiger partial charge in [-0.1, -0.05) is 121 Å². The molecule has 0 spiro atoms. The standard InChI is InChI=1S/C44H27NO2/c1-2-11-31-27-32(20-19-28(31)9-1)29-21-24-33(25-22-29)45(39-16-7-14-36-35-13-5-6-18-41(35)46-43(36)39)40-17-8-15-37-38-26-23-30-10-3-4-12-34(30)42(38)47-44(37)40/h1-27H. The number of furan rings is 2. The first-order valence-corrected chi connectivity index (χ1v) is 15.9. The molecule has 2 aromatic heterocycles. The summed E-state index contributed by atoms with van der Waals surface area (Å²) in [6, 6.07) is 57.8. The van der Waals surface area contributed by atoms with E-state index in [0.717, 1.165) is 77.3 Å². The summed E-state index contributed by atoms with van der Waals surface area (Å²) in [6.07, 6.45) is 0. The Morgan fingerprint density at radius 1 is 0.340 bits per heavy atom. The van der Waals surface area contributed by atoms with E-state index in [1.54, 1.807) is 0 Å². The molecule has 0 N–H and O–H groups in total. The molecule has 47 heavy (non-hydrogen) atoms. The third-order valence-corrected chi connectivity index (χ3v) is 9.44. The summed E-state index contributed by atoms with van der Waals surface area (Å²) < 4.78 is 13.5. The lowest BCUT2D eigenvalue weighted by Gasteiger charge is -2.25. The molecule has 0 saturated heterocycles. The van der Waals surface area contributed by atoms with Crippen LogP contribution in [0.15, 0.2) is 173 Å². The zero-order chi connectivity index (χ0) is 30.9. The van der Waals surface area contributed by atoms with E-state index in [2.05, 4.69) is 157 Å². The van der Waals surface area contributed by atoms with Crippen molar-refractivity contribution in [2.45, 2.75) is 0 Å². The number of hydrogen-bond donors (Lipinski definition) is 0. The highest BCUT2D eigenvalue weighted by atomic mass is 16.3. The van der Waals surface area contributed by atoms with Crippen LogP contribution in [0.5, 0.6) is 0 Å². The van der Waals surface area contributed by atoms with Crippen LogP contribution in [-0.2, 0) is 0 Å². The van der Waals surface area contributed by atoms with E-state index in [1.807, 2.05) is 12.1 Å². The third kappa shape index (κ3) is 4.00. The highest BCUT2D eigenvalue weighted by Crippen LogP contribution is 2.46. The Kier molecular flexibility index (Phi) is 5.57. The van der Waals surface area contributed by atoms with Crippen molar-refractivity contribution in [1.29, 1.82) is 0 Å². The van der Waals surface area contributed by atoms with Gasteiger partial charge in [0.2, 0.25) is 0 Å². The van der Waals surface area contributed by atoms with Crippen molar-refractivity contribution in [3.05, 3.63) is 164 Å². The Morgan fingerprint density at radius 2 is 0.915 bits per heavy atom. The first-order valence-electron chi connectivity index (χ1n) is 15.9. The zero-order valence-electron chi connectivity index (χ0n) is 25.4. The zero-order valence-corrected chi connectivity index (χ0v) is 25.4. The van der Waals surface area contributed by atoms with Crippen molar-refractivity contribution in [2.75, 3.05) is 4.90 Å². The molecular formula is C44H27NO2. The quantitative estimate of drug-likeness (QED) is 0.201. The van der Waals surface area contributed by atoms with Gasteiger partial charge in [0, 0.05) is 32.6 Å². The molecule has 0 atom stereocenters. The number of benzene rings is 8. The van der Waals surface area contributed by atoms with Crippen LogP contribution in [0.1, 0.15) is 0 Å². The molecule has 10 aromatic rings. The molecule has 2 heterocycles. The minimum absolute atomic E-state index is 0.838. The van der Waals surface area contributed by atoms with Crippen molar-refractivity contribution in [3.8, 4) is 11.1 Å². The minimum atomic E-state index is 0.838. The van der Waals surface area contributed by atoms with Crippen LogP contribution in [0.25, 0.3) is 76.5 Å². The fraction of sp³-hybridized carbons (Fsp3) is 0. The van der Waals surface area contributed by atoms with Gasteiger partial charge in [0.25, 0.3) is 0 Å². The van der Waals surface area contributed by atoms with E-state index in [9.17, 15) is 0 Å². The van der Waals surface area contributed by atoms with Gasteiger partial charge < -0.3 is 13.7 Å². The lowest BCUT2D eigenvalue weighted by Crippen LogP contribution is -2.10. The van der Waals surface area contributed by atoms with E-state index in [-0.39, 0.29) is 0 Å². The Balaban J connectivity index is 1.22. The second-order valence-electron chi connectivity index (χ2n) is 12.1. The average Bonchev–Trinajstić information content (AvgIpc) is 3.72. The van der Waals surface area contributed by atoms with Crippen LogP contribution in [0.2, 0.25) is 0 Å². The van der Waals surface area contributed by atoms with Crippen LogP contribution in [0.4, 0.5) is 17.1 Å². The second kappa shape index (κ2) is 10.1. The molecule has 0 unspecified atom stereocenters. The van der Waals surface area contributed by atoms with Crippen LogP contribution in [-0.4, -0.2) is 0 Å². The number of hydrogen-bond acceptors (Lipinski definition) is 3. The fourth-order valence-corrected chi connectivity index (χ4v) is 7.18. The molecule has 0 bridgehead atoms. The van der Waals surface area contributed by atoms with Crippen LogP contribution in [0.3, 0.4) is 0 Å². The van der Waals surface area contributed by atoms with Crippen molar-refractivity contribution >= 4 is 82.5 Å². The summed E-state index contributed by atoms with van der Waals surface area (Å²) in [5, 5.41) is 9.11. The molecule has 0 aliphatic heterocycles. The normalized spacial score (nSPS) is 11.8. The van der Waals surface area contributed by atoms with Gasteiger partial charge in [-0.05, 0) is 69.8 Å². The van der Waals surface area contributed by atoms with Crippen LogP contribution in [0, 0.1) is 0 Å². The molecule has 0 radical (unpaired) electrons. The SMILES string of the molecule is c1ccc2cc(-c3ccc(N(c4cccc5c4oc4ccccc45)c4cccc5c4oc4c6ccccc6ccc54)cc3)ccc2c1. The molecule has 0 aliphatic rings. The summed E-state index contributed by atoms with van der Waals surface area (Å²) in [7, 11) is 0. The van der Waals surface area contributed by atoms with Gasteiger partial charge in [-0.2, -0.15) is 0 Å². The Labute approximate surface area is 270 Å². The van der Waals surface area contributed by atoms with Gasteiger partial charge in [-0.25, -0.2) is 0 Å². The van der Waals surface area contributed by atoms with Crippen molar-refractivity contribution in [2.24, 2.45) is 0 Å². The van der Waals surface area contributed by atoms with Crippen molar-refractivity contribution in [1.82, 2.24) is 0 Å². The molecule has 220 valence electrons. The summed E-state index contributed by atoms with van der Waals surface area (Å²) in [6.45, 7) is 0. The molecule has 3 heteroatoms. The number of anilines is 3. The minimum Gasteiger partial charge on any atom is -0.454 e. The van der Waals surface area contributed by atoms with E-state index >= 15 is 0 Å². The molecule has 8 aromatic carbocycles. The topological polar surface area (TPSA) is 29.5 Å². The Hall–Kier alpha value is -6.32. The summed E-state index contributed by atoms with van der Waals surface area (Å²) in [5.41, 5.74) is 8.72. The molecule has 0 fully saturated rings. The van der Waals surface area contributed by atoms with Crippen LogP contribution < -0.4 is 4.90 Å². The number of rotatable bonds is 4. The average molecular weight is 602 g/mol. The van der Waals surface area contributed by atoms with Gasteiger partial charge >= 0.3 is 0 Å². The molecule has 0 amide bonds. The molecular weight excluding hydrogens is 574 g/mol. The maximum Gasteiger partial charge on any atom is 0.159 e. The smallest absolute Gasteiger partial charge is 0.159 e. The third-order valence-electron chi connectivity index (χ3n) is 9.44. The second-order valence-corrected chi connectivity index (χ2v) is 12.1. The molecule has 0 aliphatic carbocycles. The molecule has 3 nitrogen and oxygen atoms in total. The van der Waals surface area contributed by atoms with Gasteiger partial charge in [0.15, 0.2) is 11.2 Å². The summed E-state index contributed by atoms with van der Waals surface area (Å²) in [4.78, 5) is 2.28. The lowest BCUT2D eigenvalue weighted by molar-refractivity contribution is 0.667. The maximum absolute atomic E-state index is 6.85. The van der Waals surface area contributed by atoms with E-state index in [0.29, 0.717) is 0 Å². The first-order chi connectivity index (χ1) is 23.3. The number of fused-ring (bicyclic) bond motifs is 9. The first kappa shape index (κ1) is 26.0. The highest BCUT2D eigenvalue weighted by Gasteiger charge is 2.23. The van der Waals surface area contributed by atoms with Gasteiger partial charge in [0.1, 0.15) is 11.2 Å². The van der Waals surface area contributed by atoms with Crippen molar-refractivity contribution < 1.29 is 8.83 Å². The Morgan fingerprint density at radius 3 is 1.72 bits per heavy atom. The van der Waals surface area contributed by atoms with E-state index < -0.39 is 0 Å². The van der Waals surface area contributed by atoms with Gasteiger partial charge in [-0.15, -0.1) is 0 Å². The summed E-state index contributed by atoms with van der Waals surface area (Å²) >= 11 is 0. The lowest BCUT2D eigenvalue weighted by atomic mass is 10.0.